The predicted molar refractivity (Wildman–Crippen MR) is 97.3 cm³/mol. The Hall–Kier alpha value is -1.80. The van der Waals surface area contributed by atoms with Gasteiger partial charge in [-0.1, -0.05) is 41.5 Å². The highest BCUT2D eigenvalue weighted by Gasteiger charge is 2.01. The Morgan fingerprint density at radius 3 is 2.77 bits per heavy atom. The maximum atomic E-state index is 3.51. The molecule has 0 aliphatic rings. The molecule has 2 rings (SSSR count). The number of rotatable bonds is 8. The number of benzene rings is 1. The number of hydrogen-bond acceptors (Lipinski definition) is 1. The lowest BCUT2D eigenvalue weighted by molar-refractivity contribution is 0.742. The van der Waals surface area contributed by atoms with Crippen LogP contribution in [0.4, 0.5) is 0 Å². The number of nitrogens with one attached hydrogen (secondary N) is 2. The Balaban J connectivity index is 1.70. The van der Waals surface area contributed by atoms with Gasteiger partial charge < -0.3 is 10.3 Å². The van der Waals surface area contributed by atoms with E-state index in [1.54, 1.807) is 0 Å². The van der Waals surface area contributed by atoms with Gasteiger partial charge in [-0.05, 0) is 58.2 Å². The second-order valence-corrected chi connectivity index (χ2v) is 6.18. The number of aromatic nitrogens is 1. The fourth-order valence-electron chi connectivity index (χ4n) is 2.60. The van der Waals surface area contributed by atoms with Crippen molar-refractivity contribution < 1.29 is 0 Å². The van der Waals surface area contributed by atoms with Gasteiger partial charge in [0.25, 0.3) is 0 Å². The number of para-hydroxylation sites is 1. The largest absolute Gasteiger partial charge is 0.361 e. The van der Waals surface area contributed by atoms with Crippen LogP contribution in [0.3, 0.4) is 0 Å². The van der Waals surface area contributed by atoms with E-state index in [-0.39, 0.29) is 0 Å². The van der Waals surface area contributed by atoms with E-state index >= 15 is 0 Å². The van der Waals surface area contributed by atoms with Gasteiger partial charge in [0.05, 0.1) is 0 Å². The highest BCUT2D eigenvalue weighted by molar-refractivity contribution is 5.83. The summed E-state index contributed by atoms with van der Waals surface area (Å²) in [6.45, 7) is 8.51. The van der Waals surface area contributed by atoms with E-state index in [1.165, 1.54) is 27.6 Å². The fraction of sp³-hybridized carbons (Fsp3) is 0.400. The minimum absolute atomic E-state index is 0.961. The summed E-state index contributed by atoms with van der Waals surface area (Å²) in [5, 5.41) is 4.86. The molecule has 0 bridgehead atoms. The zero-order chi connectivity index (χ0) is 15.8. The lowest BCUT2D eigenvalue weighted by Gasteiger charge is -2.03. The molecular weight excluding hydrogens is 268 g/mol. The number of fused-ring (bicyclic) bond motifs is 1. The molecule has 0 atom stereocenters. The third kappa shape index (κ3) is 5.19. The molecule has 1 heterocycles. The van der Waals surface area contributed by atoms with E-state index in [1.807, 2.05) is 0 Å². The first-order valence-electron chi connectivity index (χ1n) is 8.21. The van der Waals surface area contributed by atoms with E-state index in [2.05, 4.69) is 73.7 Å². The SMILES string of the molecule is CC(C)=CCCC(C)=CCNCCc1c[nH]c2ccccc12. The van der Waals surface area contributed by atoms with Gasteiger partial charge in [0, 0.05) is 23.6 Å². The van der Waals surface area contributed by atoms with E-state index in [0.717, 1.165) is 32.4 Å². The Kier molecular flexibility index (Phi) is 6.47. The maximum Gasteiger partial charge on any atom is 0.0456 e. The van der Waals surface area contributed by atoms with Crippen molar-refractivity contribution >= 4 is 10.9 Å². The van der Waals surface area contributed by atoms with Gasteiger partial charge in [0.2, 0.25) is 0 Å². The van der Waals surface area contributed by atoms with Gasteiger partial charge in [-0.25, -0.2) is 0 Å². The summed E-state index contributed by atoms with van der Waals surface area (Å²) in [5.41, 5.74) is 5.50. The summed E-state index contributed by atoms with van der Waals surface area (Å²) in [4.78, 5) is 3.33. The molecule has 1 aromatic heterocycles. The van der Waals surface area contributed by atoms with Gasteiger partial charge in [0.1, 0.15) is 0 Å². The van der Waals surface area contributed by atoms with Crippen LogP contribution in [0.5, 0.6) is 0 Å². The van der Waals surface area contributed by atoms with Crippen molar-refractivity contribution in [3.8, 4) is 0 Å². The van der Waals surface area contributed by atoms with E-state index in [0.29, 0.717) is 0 Å². The molecule has 22 heavy (non-hydrogen) atoms. The second-order valence-electron chi connectivity index (χ2n) is 6.18. The molecule has 0 amide bonds. The van der Waals surface area contributed by atoms with Crippen LogP contribution in [-0.4, -0.2) is 18.1 Å². The van der Waals surface area contributed by atoms with Gasteiger partial charge in [-0.3, -0.25) is 0 Å². The van der Waals surface area contributed by atoms with E-state index in [4.69, 9.17) is 0 Å². The zero-order valence-electron chi connectivity index (χ0n) is 14.1. The normalized spacial score (nSPS) is 11.9. The number of aromatic amines is 1. The molecule has 0 saturated heterocycles. The third-order valence-electron chi connectivity index (χ3n) is 3.93. The maximum absolute atomic E-state index is 3.51. The van der Waals surface area contributed by atoms with Crippen molar-refractivity contribution in [2.45, 2.75) is 40.0 Å². The molecule has 1 aromatic carbocycles. The number of allylic oxidation sites excluding steroid dienone is 3. The Bertz CT molecular complexity index is 643. The molecular formula is C20H28N2. The molecule has 0 unspecified atom stereocenters. The van der Waals surface area contributed by atoms with Crippen LogP contribution in [0.25, 0.3) is 10.9 Å². The molecule has 0 aliphatic carbocycles. The molecule has 2 N–H and O–H groups in total. The first kappa shape index (κ1) is 16.6. The van der Waals surface area contributed by atoms with Crippen molar-refractivity contribution in [2.75, 3.05) is 13.1 Å². The third-order valence-corrected chi connectivity index (χ3v) is 3.93. The molecule has 2 nitrogen and oxygen atoms in total. The predicted octanol–water partition coefficient (Wildman–Crippen LogP) is 4.99. The van der Waals surface area contributed by atoms with Crippen LogP contribution < -0.4 is 5.32 Å². The Labute approximate surface area is 134 Å². The summed E-state index contributed by atoms with van der Waals surface area (Å²) in [5.74, 6) is 0. The average Bonchev–Trinajstić information content (AvgIpc) is 2.90. The van der Waals surface area contributed by atoms with Crippen LogP contribution in [0.15, 0.2) is 53.8 Å². The molecule has 2 heteroatoms. The van der Waals surface area contributed by atoms with Gasteiger partial charge in [-0.2, -0.15) is 0 Å². The summed E-state index contributed by atoms with van der Waals surface area (Å²) >= 11 is 0. The summed E-state index contributed by atoms with van der Waals surface area (Å²) < 4.78 is 0. The van der Waals surface area contributed by atoms with Gasteiger partial charge in [-0.15, -0.1) is 0 Å². The van der Waals surface area contributed by atoms with Crippen molar-refractivity contribution in [3.63, 3.8) is 0 Å². The second kappa shape index (κ2) is 8.60. The van der Waals surface area contributed by atoms with E-state index in [9.17, 15) is 0 Å². The first-order chi connectivity index (χ1) is 10.7. The highest BCUT2D eigenvalue weighted by Crippen LogP contribution is 2.17. The minimum atomic E-state index is 0.961. The first-order valence-corrected chi connectivity index (χ1v) is 8.21. The standard InChI is InChI=1S/C20H28N2/c1-16(2)7-6-8-17(3)11-13-21-14-12-18-15-22-20-10-5-4-9-19(18)20/h4-5,7,9-11,15,21-22H,6,8,12-14H2,1-3H3. The molecule has 0 fully saturated rings. The summed E-state index contributed by atoms with van der Waals surface area (Å²) in [6, 6.07) is 8.49. The smallest absolute Gasteiger partial charge is 0.0456 e. The van der Waals surface area contributed by atoms with E-state index < -0.39 is 0 Å². The zero-order valence-corrected chi connectivity index (χ0v) is 14.1. The van der Waals surface area contributed by atoms with Crippen molar-refractivity contribution in [3.05, 3.63) is 59.3 Å². The molecule has 0 radical (unpaired) electrons. The van der Waals surface area contributed by atoms with Crippen molar-refractivity contribution in [1.82, 2.24) is 10.3 Å². The quantitative estimate of drug-likeness (QED) is 0.521. The van der Waals surface area contributed by atoms with Crippen LogP contribution >= 0.6 is 0 Å². The van der Waals surface area contributed by atoms with Crippen LogP contribution in [0, 0.1) is 0 Å². The van der Waals surface area contributed by atoms with Crippen molar-refractivity contribution in [2.24, 2.45) is 0 Å². The lowest BCUT2D eigenvalue weighted by Crippen LogP contribution is -2.17. The van der Waals surface area contributed by atoms with Crippen LogP contribution in [0.1, 0.15) is 39.2 Å². The number of hydrogen-bond donors (Lipinski definition) is 2. The molecule has 0 aliphatic heterocycles. The van der Waals surface area contributed by atoms with Crippen LogP contribution in [-0.2, 0) is 6.42 Å². The molecule has 118 valence electrons. The minimum Gasteiger partial charge on any atom is -0.361 e. The lowest BCUT2D eigenvalue weighted by atomic mass is 10.1. The topological polar surface area (TPSA) is 27.8 Å². The summed E-state index contributed by atoms with van der Waals surface area (Å²) in [7, 11) is 0. The highest BCUT2D eigenvalue weighted by atomic mass is 14.8. The molecule has 2 aromatic rings. The Morgan fingerprint density at radius 1 is 1.14 bits per heavy atom. The number of H-pyrrole nitrogens is 1. The fourth-order valence-corrected chi connectivity index (χ4v) is 2.60. The Morgan fingerprint density at radius 2 is 1.95 bits per heavy atom. The monoisotopic (exact) mass is 296 g/mol. The molecule has 0 saturated carbocycles. The van der Waals surface area contributed by atoms with Crippen LogP contribution in [0.2, 0.25) is 0 Å². The summed E-state index contributed by atoms with van der Waals surface area (Å²) in [6.07, 6.45) is 10.1. The average molecular weight is 296 g/mol. The van der Waals surface area contributed by atoms with Crippen molar-refractivity contribution in [1.29, 1.82) is 0 Å². The van der Waals surface area contributed by atoms with Gasteiger partial charge >= 0.3 is 0 Å². The van der Waals surface area contributed by atoms with Gasteiger partial charge in [0.15, 0.2) is 0 Å². The molecule has 0 spiro atoms.